The van der Waals surface area contributed by atoms with Crippen LogP contribution in [0.3, 0.4) is 0 Å². The van der Waals surface area contributed by atoms with Crippen LogP contribution in [0, 0.1) is 13.8 Å². The van der Waals surface area contributed by atoms with Crippen molar-refractivity contribution in [2.24, 2.45) is 0 Å². The van der Waals surface area contributed by atoms with Crippen molar-refractivity contribution in [3.05, 3.63) is 59.4 Å². The van der Waals surface area contributed by atoms with Gasteiger partial charge in [0.15, 0.2) is 0 Å². The molecule has 1 aliphatic rings. The second-order valence-corrected chi connectivity index (χ2v) is 6.36. The van der Waals surface area contributed by atoms with Gasteiger partial charge in [0.1, 0.15) is 0 Å². The maximum absolute atomic E-state index is 4.25. The van der Waals surface area contributed by atoms with Gasteiger partial charge in [-0.15, -0.1) is 0 Å². The van der Waals surface area contributed by atoms with Gasteiger partial charge < -0.3 is 5.32 Å². The van der Waals surface area contributed by atoms with Crippen LogP contribution in [-0.4, -0.2) is 29.0 Å². The number of benzene rings is 1. The lowest BCUT2D eigenvalue weighted by molar-refractivity contribution is 0.211. The molecule has 116 valence electrons. The van der Waals surface area contributed by atoms with Gasteiger partial charge in [0.05, 0.1) is 0 Å². The molecular formula is C19H25N3. The normalized spacial score (nSPS) is 16.6. The Morgan fingerprint density at radius 3 is 2.50 bits per heavy atom. The van der Waals surface area contributed by atoms with Gasteiger partial charge in [-0.05, 0) is 56.0 Å². The summed E-state index contributed by atoms with van der Waals surface area (Å²) >= 11 is 0. The Kier molecular flexibility index (Phi) is 4.74. The molecule has 0 atom stereocenters. The fourth-order valence-electron chi connectivity index (χ4n) is 3.02. The van der Waals surface area contributed by atoms with Crippen molar-refractivity contribution in [1.82, 2.24) is 9.88 Å². The molecule has 0 amide bonds. The zero-order valence-corrected chi connectivity index (χ0v) is 13.5. The molecule has 1 aliphatic heterocycles. The Hall–Kier alpha value is -1.87. The molecule has 3 rings (SSSR count). The van der Waals surface area contributed by atoms with Crippen LogP contribution in [0.5, 0.6) is 0 Å². The molecule has 3 nitrogen and oxygen atoms in total. The summed E-state index contributed by atoms with van der Waals surface area (Å²) in [5.74, 6) is 0. The Morgan fingerprint density at radius 1 is 1.09 bits per heavy atom. The average Bonchev–Trinajstić information content (AvgIpc) is 2.54. The summed E-state index contributed by atoms with van der Waals surface area (Å²) < 4.78 is 0. The molecule has 0 bridgehead atoms. The fraction of sp³-hybridized carbons (Fsp3) is 0.421. The number of pyridine rings is 1. The van der Waals surface area contributed by atoms with E-state index in [1.807, 2.05) is 12.4 Å². The molecule has 1 aromatic heterocycles. The SMILES string of the molecule is Cc1ccc(NC2CCN(Cc3cnccc3C)CC2)cc1. The smallest absolute Gasteiger partial charge is 0.0342 e. The first-order valence-electron chi connectivity index (χ1n) is 8.16. The molecule has 0 radical (unpaired) electrons. The number of anilines is 1. The third-order valence-electron chi connectivity index (χ3n) is 4.55. The minimum atomic E-state index is 0.592. The van der Waals surface area contributed by atoms with E-state index in [0.29, 0.717) is 6.04 Å². The lowest BCUT2D eigenvalue weighted by atomic mass is 10.0. The second-order valence-electron chi connectivity index (χ2n) is 6.36. The van der Waals surface area contributed by atoms with Crippen molar-refractivity contribution in [1.29, 1.82) is 0 Å². The molecule has 1 N–H and O–H groups in total. The summed E-state index contributed by atoms with van der Waals surface area (Å²) in [6, 6.07) is 11.4. The van der Waals surface area contributed by atoms with E-state index in [1.165, 1.54) is 35.2 Å². The number of nitrogens with one attached hydrogen (secondary N) is 1. The van der Waals surface area contributed by atoms with Gasteiger partial charge in [-0.25, -0.2) is 0 Å². The first kappa shape index (κ1) is 15.0. The number of hydrogen-bond acceptors (Lipinski definition) is 3. The number of likely N-dealkylation sites (tertiary alicyclic amines) is 1. The molecule has 2 aromatic rings. The average molecular weight is 295 g/mol. The number of piperidine rings is 1. The van der Waals surface area contributed by atoms with Crippen LogP contribution in [0.4, 0.5) is 5.69 Å². The van der Waals surface area contributed by atoms with Crippen LogP contribution in [-0.2, 0) is 6.54 Å². The summed E-state index contributed by atoms with van der Waals surface area (Å²) in [7, 11) is 0. The standard InChI is InChI=1S/C19H25N3/c1-15-3-5-18(6-4-15)21-19-8-11-22(12-9-19)14-17-13-20-10-7-16(17)2/h3-7,10,13,19,21H,8-9,11-12,14H2,1-2H3. The fourth-order valence-corrected chi connectivity index (χ4v) is 3.02. The van der Waals surface area contributed by atoms with Crippen molar-refractivity contribution in [2.45, 2.75) is 39.3 Å². The molecule has 0 spiro atoms. The molecule has 1 saturated heterocycles. The van der Waals surface area contributed by atoms with Gasteiger partial charge in [-0.3, -0.25) is 9.88 Å². The van der Waals surface area contributed by atoms with E-state index in [-0.39, 0.29) is 0 Å². The monoisotopic (exact) mass is 295 g/mol. The summed E-state index contributed by atoms with van der Waals surface area (Å²) in [6.07, 6.45) is 6.28. The Labute approximate surface area is 133 Å². The lowest BCUT2D eigenvalue weighted by Gasteiger charge is -2.33. The topological polar surface area (TPSA) is 28.2 Å². The largest absolute Gasteiger partial charge is 0.382 e. The van der Waals surface area contributed by atoms with Crippen LogP contribution in [0.15, 0.2) is 42.7 Å². The van der Waals surface area contributed by atoms with Crippen molar-refractivity contribution in [3.63, 3.8) is 0 Å². The molecule has 0 saturated carbocycles. The summed E-state index contributed by atoms with van der Waals surface area (Å²) in [6.45, 7) is 7.62. The van der Waals surface area contributed by atoms with Crippen LogP contribution < -0.4 is 5.32 Å². The van der Waals surface area contributed by atoms with E-state index >= 15 is 0 Å². The van der Waals surface area contributed by atoms with Gasteiger partial charge in [0, 0.05) is 43.8 Å². The van der Waals surface area contributed by atoms with E-state index in [4.69, 9.17) is 0 Å². The highest BCUT2D eigenvalue weighted by molar-refractivity contribution is 5.45. The third-order valence-corrected chi connectivity index (χ3v) is 4.55. The summed E-state index contributed by atoms with van der Waals surface area (Å²) in [5.41, 5.74) is 5.25. The predicted octanol–water partition coefficient (Wildman–Crippen LogP) is 3.77. The molecule has 0 unspecified atom stereocenters. The molecule has 22 heavy (non-hydrogen) atoms. The number of hydrogen-bond donors (Lipinski definition) is 1. The van der Waals surface area contributed by atoms with Gasteiger partial charge >= 0.3 is 0 Å². The predicted molar refractivity (Wildman–Crippen MR) is 92.1 cm³/mol. The molecule has 3 heteroatoms. The maximum Gasteiger partial charge on any atom is 0.0342 e. The van der Waals surface area contributed by atoms with E-state index in [0.717, 1.165) is 19.6 Å². The van der Waals surface area contributed by atoms with Crippen molar-refractivity contribution in [2.75, 3.05) is 18.4 Å². The summed E-state index contributed by atoms with van der Waals surface area (Å²) in [4.78, 5) is 6.79. The van der Waals surface area contributed by atoms with Gasteiger partial charge in [-0.1, -0.05) is 17.7 Å². The first-order chi connectivity index (χ1) is 10.7. The third kappa shape index (κ3) is 3.86. The van der Waals surface area contributed by atoms with Crippen LogP contribution >= 0.6 is 0 Å². The van der Waals surface area contributed by atoms with E-state index in [2.05, 4.69) is 59.4 Å². The number of aromatic nitrogens is 1. The van der Waals surface area contributed by atoms with E-state index in [9.17, 15) is 0 Å². The summed E-state index contributed by atoms with van der Waals surface area (Å²) in [5, 5.41) is 3.66. The van der Waals surface area contributed by atoms with Gasteiger partial charge in [-0.2, -0.15) is 0 Å². The number of aryl methyl sites for hydroxylation is 2. The molecular weight excluding hydrogens is 270 g/mol. The molecule has 1 aromatic carbocycles. The number of rotatable bonds is 4. The Morgan fingerprint density at radius 2 is 1.82 bits per heavy atom. The highest BCUT2D eigenvalue weighted by Gasteiger charge is 2.19. The van der Waals surface area contributed by atoms with Crippen LogP contribution in [0.25, 0.3) is 0 Å². The Bertz CT molecular complexity index is 598. The quantitative estimate of drug-likeness (QED) is 0.930. The number of nitrogens with zero attached hydrogens (tertiary/aromatic N) is 2. The van der Waals surface area contributed by atoms with Crippen molar-refractivity contribution >= 4 is 5.69 Å². The minimum Gasteiger partial charge on any atom is -0.382 e. The molecule has 0 aliphatic carbocycles. The van der Waals surface area contributed by atoms with E-state index in [1.54, 1.807) is 0 Å². The van der Waals surface area contributed by atoms with Crippen molar-refractivity contribution in [3.8, 4) is 0 Å². The Balaban J connectivity index is 1.50. The minimum absolute atomic E-state index is 0.592. The second kappa shape index (κ2) is 6.93. The van der Waals surface area contributed by atoms with Crippen molar-refractivity contribution < 1.29 is 0 Å². The van der Waals surface area contributed by atoms with Crippen LogP contribution in [0.2, 0.25) is 0 Å². The van der Waals surface area contributed by atoms with E-state index < -0.39 is 0 Å². The lowest BCUT2D eigenvalue weighted by Crippen LogP contribution is -2.38. The zero-order chi connectivity index (χ0) is 15.4. The molecule has 2 heterocycles. The van der Waals surface area contributed by atoms with Gasteiger partial charge in [0.25, 0.3) is 0 Å². The zero-order valence-electron chi connectivity index (χ0n) is 13.5. The molecule has 1 fully saturated rings. The highest BCUT2D eigenvalue weighted by Crippen LogP contribution is 2.19. The first-order valence-corrected chi connectivity index (χ1v) is 8.16. The van der Waals surface area contributed by atoms with Crippen LogP contribution in [0.1, 0.15) is 29.5 Å². The highest BCUT2D eigenvalue weighted by atomic mass is 15.1. The van der Waals surface area contributed by atoms with Gasteiger partial charge in [0.2, 0.25) is 0 Å². The maximum atomic E-state index is 4.25.